The summed E-state index contributed by atoms with van der Waals surface area (Å²) in [6.07, 6.45) is 1.35. The van der Waals surface area contributed by atoms with E-state index in [-0.39, 0.29) is 11.8 Å². The van der Waals surface area contributed by atoms with E-state index in [0.717, 1.165) is 30.8 Å². The number of carbonyl (C=O) groups is 1. The first-order chi connectivity index (χ1) is 12.6. The highest BCUT2D eigenvalue weighted by Crippen LogP contribution is 2.23. The largest absolute Gasteiger partial charge is 0.371 e. The van der Waals surface area contributed by atoms with Gasteiger partial charge in [0, 0.05) is 31.0 Å². The molecule has 2 amide bonds. The molecule has 2 aromatic carbocycles. The van der Waals surface area contributed by atoms with Crippen LogP contribution in [0.2, 0.25) is 0 Å². The predicted octanol–water partition coefficient (Wildman–Crippen LogP) is 3.54. The molecule has 0 aromatic heterocycles. The Balaban J connectivity index is 1.43. The molecule has 6 heteroatoms. The highest BCUT2D eigenvalue weighted by Gasteiger charge is 2.23. The van der Waals surface area contributed by atoms with Crippen molar-refractivity contribution in [1.29, 1.82) is 5.26 Å². The summed E-state index contributed by atoms with van der Waals surface area (Å²) >= 11 is 0. The average molecular weight is 352 g/mol. The molecule has 0 aliphatic carbocycles. The Morgan fingerprint density at radius 3 is 2.62 bits per heavy atom. The Hall–Kier alpha value is -3.07. The number of amides is 2. The molecular formula is C20H21FN4O. The molecule has 1 heterocycles. The lowest BCUT2D eigenvalue weighted by Crippen LogP contribution is -2.34. The quantitative estimate of drug-likeness (QED) is 0.865. The van der Waals surface area contributed by atoms with Gasteiger partial charge in [0.25, 0.3) is 0 Å². The van der Waals surface area contributed by atoms with E-state index in [2.05, 4.69) is 21.6 Å². The van der Waals surface area contributed by atoms with Crippen molar-refractivity contribution in [2.45, 2.75) is 12.8 Å². The molecule has 2 aromatic rings. The molecule has 0 spiro atoms. The molecule has 0 unspecified atom stereocenters. The molecule has 1 aliphatic rings. The van der Waals surface area contributed by atoms with E-state index in [9.17, 15) is 9.18 Å². The van der Waals surface area contributed by atoms with Crippen molar-refractivity contribution in [3.63, 3.8) is 0 Å². The molecule has 5 nitrogen and oxygen atoms in total. The third-order valence-corrected chi connectivity index (χ3v) is 4.52. The van der Waals surface area contributed by atoms with E-state index in [0.29, 0.717) is 24.6 Å². The zero-order valence-corrected chi connectivity index (χ0v) is 14.4. The maximum Gasteiger partial charge on any atom is 0.319 e. The minimum absolute atomic E-state index is 0.233. The van der Waals surface area contributed by atoms with Crippen LogP contribution in [-0.2, 0) is 6.42 Å². The van der Waals surface area contributed by atoms with Gasteiger partial charge in [-0.3, -0.25) is 0 Å². The summed E-state index contributed by atoms with van der Waals surface area (Å²) in [5.74, 6) is 0.132. The van der Waals surface area contributed by atoms with Crippen molar-refractivity contribution in [2.75, 3.05) is 29.9 Å². The van der Waals surface area contributed by atoms with Gasteiger partial charge in [0.15, 0.2) is 0 Å². The Labute approximate surface area is 152 Å². The van der Waals surface area contributed by atoms with E-state index in [4.69, 9.17) is 5.26 Å². The summed E-state index contributed by atoms with van der Waals surface area (Å²) in [4.78, 5) is 14.2. The number of nitriles is 1. The molecule has 134 valence electrons. The highest BCUT2D eigenvalue weighted by atomic mass is 19.1. The monoisotopic (exact) mass is 352 g/mol. The van der Waals surface area contributed by atoms with E-state index in [1.54, 1.807) is 24.3 Å². The van der Waals surface area contributed by atoms with Crippen LogP contribution in [0.25, 0.3) is 0 Å². The van der Waals surface area contributed by atoms with Crippen molar-refractivity contribution in [3.05, 3.63) is 59.9 Å². The lowest BCUT2D eigenvalue weighted by atomic mass is 10.1. The maximum absolute atomic E-state index is 13.0. The summed E-state index contributed by atoms with van der Waals surface area (Å²) < 4.78 is 13.0. The van der Waals surface area contributed by atoms with Gasteiger partial charge in [-0.05, 0) is 54.3 Å². The van der Waals surface area contributed by atoms with Crippen molar-refractivity contribution in [3.8, 4) is 6.07 Å². The molecule has 2 N–H and O–H groups in total. The minimum Gasteiger partial charge on any atom is -0.371 e. The number of hydrogen-bond donors (Lipinski definition) is 2. The molecule has 1 saturated heterocycles. The second kappa shape index (κ2) is 8.34. The molecule has 1 aliphatic heterocycles. The number of halogens is 1. The normalized spacial score (nSPS) is 16.2. The van der Waals surface area contributed by atoms with Gasteiger partial charge in [0.2, 0.25) is 0 Å². The van der Waals surface area contributed by atoms with Gasteiger partial charge in [-0.2, -0.15) is 5.26 Å². The van der Waals surface area contributed by atoms with Crippen LogP contribution in [-0.4, -0.2) is 25.7 Å². The fraction of sp³-hybridized carbons (Fsp3) is 0.300. The number of urea groups is 1. The Kier molecular flexibility index (Phi) is 5.69. The van der Waals surface area contributed by atoms with Crippen molar-refractivity contribution in [1.82, 2.24) is 5.32 Å². The van der Waals surface area contributed by atoms with Crippen molar-refractivity contribution < 1.29 is 9.18 Å². The first kappa shape index (κ1) is 17.7. The van der Waals surface area contributed by atoms with Gasteiger partial charge in [-0.15, -0.1) is 0 Å². The minimum atomic E-state index is -0.238. The SMILES string of the molecule is N#CCc1ccc(NC(=O)NC[C@H]2CCN(c3ccc(F)cc3)C2)cc1. The Morgan fingerprint density at radius 2 is 1.92 bits per heavy atom. The van der Waals surface area contributed by atoms with Crippen LogP contribution in [0.3, 0.4) is 0 Å². The molecule has 1 atom stereocenters. The Bertz CT molecular complexity index is 783. The Morgan fingerprint density at radius 1 is 1.19 bits per heavy atom. The highest BCUT2D eigenvalue weighted by molar-refractivity contribution is 5.89. The number of benzene rings is 2. The third kappa shape index (κ3) is 4.73. The molecule has 0 radical (unpaired) electrons. The van der Waals surface area contributed by atoms with E-state index in [1.807, 2.05) is 12.1 Å². The zero-order chi connectivity index (χ0) is 18.4. The van der Waals surface area contributed by atoms with E-state index >= 15 is 0 Å². The standard InChI is InChI=1S/C20H21FN4O/c21-17-3-7-19(8-4-17)25-12-10-16(14-25)13-23-20(26)24-18-5-1-15(2-6-18)9-11-22/h1-8,16H,9-10,12-14H2,(H2,23,24,26)/t16-/m1/s1. The molecular weight excluding hydrogens is 331 g/mol. The molecule has 26 heavy (non-hydrogen) atoms. The van der Waals surface area contributed by atoms with Crippen LogP contribution in [0.15, 0.2) is 48.5 Å². The second-order valence-electron chi connectivity index (χ2n) is 6.44. The molecule has 0 bridgehead atoms. The number of rotatable bonds is 5. The summed E-state index contributed by atoms with van der Waals surface area (Å²) in [7, 11) is 0. The fourth-order valence-corrected chi connectivity index (χ4v) is 3.10. The topological polar surface area (TPSA) is 68.2 Å². The van der Waals surface area contributed by atoms with Crippen LogP contribution in [0.5, 0.6) is 0 Å². The third-order valence-electron chi connectivity index (χ3n) is 4.52. The number of anilines is 2. The van der Waals surface area contributed by atoms with Gasteiger partial charge in [-0.25, -0.2) is 9.18 Å². The van der Waals surface area contributed by atoms with E-state index in [1.165, 1.54) is 12.1 Å². The zero-order valence-electron chi connectivity index (χ0n) is 14.4. The van der Waals surface area contributed by atoms with Crippen LogP contribution < -0.4 is 15.5 Å². The predicted molar refractivity (Wildman–Crippen MR) is 99.5 cm³/mol. The lowest BCUT2D eigenvalue weighted by Gasteiger charge is -2.19. The molecule has 3 rings (SSSR count). The average Bonchev–Trinajstić information content (AvgIpc) is 3.11. The van der Waals surface area contributed by atoms with Gasteiger partial charge in [0.05, 0.1) is 12.5 Å². The fourth-order valence-electron chi connectivity index (χ4n) is 3.10. The van der Waals surface area contributed by atoms with Crippen LogP contribution in [0, 0.1) is 23.1 Å². The smallest absolute Gasteiger partial charge is 0.319 e. The summed E-state index contributed by atoms with van der Waals surface area (Å²) in [5.41, 5.74) is 2.63. The van der Waals surface area contributed by atoms with Gasteiger partial charge < -0.3 is 15.5 Å². The number of nitrogens with one attached hydrogen (secondary N) is 2. The lowest BCUT2D eigenvalue weighted by molar-refractivity contribution is 0.250. The second-order valence-corrected chi connectivity index (χ2v) is 6.44. The van der Waals surface area contributed by atoms with E-state index < -0.39 is 0 Å². The van der Waals surface area contributed by atoms with Crippen LogP contribution >= 0.6 is 0 Å². The van der Waals surface area contributed by atoms with Crippen LogP contribution in [0.1, 0.15) is 12.0 Å². The number of nitrogens with zero attached hydrogens (tertiary/aromatic N) is 2. The van der Waals surface area contributed by atoms with Crippen molar-refractivity contribution >= 4 is 17.4 Å². The van der Waals surface area contributed by atoms with Crippen LogP contribution in [0.4, 0.5) is 20.6 Å². The molecule has 0 saturated carbocycles. The number of hydrogen-bond acceptors (Lipinski definition) is 3. The van der Waals surface area contributed by atoms with Crippen molar-refractivity contribution in [2.24, 2.45) is 5.92 Å². The molecule has 1 fully saturated rings. The van der Waals surface area contributed by atoms with Gasteiger partial charge in [0.1, 0.15) is 5.82 Å². The first-order valence-electron chi connectivity index (χ1n) is 8.65. The van der Waals surface area contributed by atoms with Gasteiger partial charge >= 0.3 is 6.03 Å². The maximum atomic E-state index is 13.0. The van der Waals surface area contributed by atoms with Gasteiger partial charge in [-0.1, -0.05) is 12.1 Å². The summed E-state index contributed by atoms with van der Waals surface area (Å²) in [6.45, 7) is 2.34. The number of carbonyl (C=O) groups excluding carboxylic acids is 1. The first-order valence-corrected chi connectivity index (χ1v) is 8.65. The summed E-state index contributed by atoms with van der Waals surface area (Å²) in [6, 6.07) is 15.6. The summed E-state index contributed by atoms with van der Waals surface area (Å²) in [5, 5.41) is 14.4.